The van der Waals surface area contributed by atoms with E-state index in [0.717, 1.165) is 66.9 Å². The Balaban J connectivity index is 1.35. The van der Waals surface area contributed by atoms with Crippen molar-refractivity contribution in [2.24, 2.45) is 0 Å². The summed E-state index contributed by atoms with van der Waals surface area (Å²) in [5.41, 5.74) is 4.16. The molecule has 3 heterocycles. The number of aliphatic hydroxyl groups is 1. The maximum Gasteiger partial charge on any atom is 0.212 e. The molecule has 0 radical (unpaired) electrons. The molecule has 37 heavy (non-hydrogen) atoms. The van der Waals surface area contributed by atoms with Gasteiger partial charge >= 0.3 is 0 Å². The Kier molecular flexibility index (Phi) is 9.43. The highest BCUT2D eigenvalue weighted by Gasteiger charge is 2.16. The first-order valence-electron chi connectivity index (χ1n) is 13.2. The zero-order chi connectivity index (χ0) is 26.0. The van der Waals surface area contributed by atoms with Crippen molar-refractivity contribution in [2.75, 3.05) is 17.2 Å². The Bertz CT molecular complexity index is 1240. The lowest BCUT2D eigenvalue weighted by molar-refractivity contribution is 0.266. The SMILES string of the molecule is CC(C)c1cnn2c(NCc3ccccc3)cc(N[C@@H](CO)CCCCCCc3ccc(F)nc3)nc12. The van der Waals surface area contributed by atoms with Crippen molar-refractivity contribution in [1.82, 2.24) is 19.6 Å². The van der Waals surface area contributed by atoms with E-state index in [0.29, 0.717) is 12.5 Å². The molecule has 0 aliphatic rings. The van der Waals surface area contributed by atoms with Gasteiger partial charge in [0.1, 0.15) is 11.6 Å². The monoisotopic (exact) mass is 504 g/mol. The molecule has 0 aliphatic heterocycles. The summed E-state index contributed by atoms with van der Waals surface area (Å²) >= 11 is 0. The molecular formula is C29H37FN6O. The molecule has 0 aliphatic carbocycles. The zero-order valence-electron chi connectivity index (χ0n) is 21.7. The van der Waals surface area contributed by atoms with Gasteiger partial charge in [0.25, 0.3) is 0 Å². The molecule has 0 saturated heterocycles. The fourth-order valence-corrected chi connectivity index (χ4v) is 4.42. The molecule has 3 N–H and O–H groups in total. The average Bonchev–Trinajstić information content (AvgIpc) is 3.34. The quantitative estimate of drug-likeness (QED) is 0.145. The fourth-order valence-electron chi connectivity index (χ4n) is 4.42. The number of hydrogen-bond donors (Lipinski definition) is 3. The van der Waals surface area contributed by atoms with Crippen molar-refractivity contribution in [3.63, 3.8) is 0 Å². The van der Waals surface area contributed by atoms with E-state index in [9.17, 15) is 9.50 Å². The summed E-state index contributed by atoms with van der Waals surface area (Å²) in [5, 5.41) is 21.6. The Morgan fingerprint density at radius 2 is 1.78 bits per heavy atom. The van der Waals surface area contributed by atoms with Crippen LogP contribution in [0.25, 0.3) is 5.65 Å². The van der Waals surface area contributed by atoms with Crippen LogP contribution in [-0.4, -0.2) is 37.3 Å². The van der Waals surface area contributed by atoms with E-state index in [1.807, 2.05) is 35.0 Å². The molecule has 0 saturated carbocycles. The Morgan fingerprint density at radius 1 is 0.973 bits per heavy atom. The smallest absolute Gasteiger partial charge is 0.212 e. The minimum atomic E-state index is -0.437. The fraction of sp³-hybridized carbons (Fsp3) is 0.414. The molecule has 0 bridgehead atoms. The number of anilines is 2. The van der Waals surface area contributed by atoms with Crippen LogP contribution in [-0.2, 0) is 13.0 Å². The summed E-state index contributed by atoms with van der Waals surface area (Å²) in [4.78, 5) is 8.58. The first-order valence-corrected chi connectivity index (χ1v) is 13.2. The third kappa shape index (κ3) is 7.49. The zero-order valence-corrected chi connectivity index (χ0v) is 21.7. The maximum atomic E-state index is 12.9. The Hall–Kier alpha value is -3.52. The topological polar surface area (TPSA) is 87.4 Å². The molecule has 0 spiro atoms. The summed E-state index contributed by atoms with van der Waals surface area (Å²) in [6, 6.07) is 15.3. The number of pyridine rings is 1. The highest BCUT2D eigenvalue weighted by Crippen LogP contribution is 2.25. The van der Waals surface area contributed by atoms with Crippen LogP contribution in [0.2, 0.25) is 0 Å². The minimum absolute atomic E-state index is 0.0389. The lowest BCUT2D eigenvalue weighted by Crippen LogP contribution is -2.24. The summed E-state index contributed by atoms with van der Waals surface area (Å²) in [5.74, 6) is 1.44. The average molecular weight is 505 g/mol. The van der Waals surface area contributed by atoms with E-state index in [4.69, 9.17) is 4.98 Å². The van der Waals surface area contributed by atoms with Crippen molar-refractivity contribution in [3.8, 4) is 0 Å². The van der Waals surface area contributed by atoms with Crippen LogP contribution in [0, 0.1) is 5.95 Å². The normalized spacial score (nSPS) is 12.2. The predicted octanol–water partition coefficient (Wildman–Crippen LogP) is 5.96. The second kappa shape index (κ2) is 13.1. The van der Waals surface area contributed by atoms with Crippen LogP contribution in [0.4, 0.5) is 16.0 Å². The van der Waals surface area contributed by atoms with Gasteiger partial charge in [0, 0.05) is 24.4 Å². The lowest BCUT2D eigenvalue weighted by atomic mass is 10.0. The molecule has 0 fully saturated rings. The van der Waals surface area contributed by atoms with E-state index >= 15 is 0 Å². The first-order chi connectivity index (χ1) is 18.0. The van der Waals surface area contributed by atoms with E-state index in [1.165, 1.54) is 11.6 Å². The summed E-state index contributed by atoms with van der Waals surface area (Å²) < 4.78 is 14.8. The second-order valence-electron chi connectivity index (χ2n) is 9.82. The molecule has 3 aromatic heterocycles. The van der Waals surface area contributed by atoms with Gasteiger partial charge in [0.15, 0.2) is 5.65 Å². The predicted molar refractivity (Wildman–Crippen MR) is 146 cm³/mol. The summed E-state index contributed by atoms with van der Waals surface area (Å²) in [6.45, 7) is 4.99. The number of fused-ring (bicyclic) bond motifs is 1. The van der Waals surface area contributed by atoms with Gasteiger partial charge < -0.3 is 15.7 Å². The molecule has 7 nitrogen and oxygen atoms in total. The van der Waals surface area contributed by atoms with Crippen molar-refractivity contribution < 1.29 is 9.50 Å². The van der Waals surface area contributed by atoms with E-state index in [-0.39, 0.29) is 12.6 Å². The molecule has 8 heteroatoms. The Morgan fingerprint density at radius 3 is 2.51 bits per heavy atom. The largest absolute Gasteiger partial charge is 0.394 e. The van der Waals surface area contributed by atoms with Gasteiger partial charge in [-0.3, -0.25) is 0 Å². The van der Waals surface area contributed by atoms with Gasteiger partial charge in [-0.25, -0.2) is 9.97 Å². The van der Waals surface area contributed by atoms with E-state index in [2.05, 4.69) is 46.7 Å². The third-order valence-corrected chi connectivity index (χ3v) is 6.57. The highest BCUT2D eigenvalue weighted by atomic mass is 19.1. The van der Waals surface area contributed by atoms with Crippen molar-refractivity contribution >= 4 is 17.3 Å². The number of benzene rings is 1. The van der Waals surface area contributed by atoms with Crippen molar-refractivity contribution in [2.45, 2.75) is 70.9 Å². The van der Waals surface area contributed by atoms with Crippen LogP contribution in [0.3, 0.4) is 0 Å². The number of hydrogen-bond acceptors (Lipinski definition) is 6. The number of halogens is 1. The molecule has 1 atom stereocenters. The van der Waals surface area contributed by atoms with Crippen LogP contribution in [0.15, 0.2) is 60.9 Å². The molecule has 196 valence electrons. The number of nitrogens with zero attached hydrogens (tertiary/aromatic N) is 4. The maximum absolute atomic E-state index is 12.9. The molecular weight excluding hydrogens is 467 g/mol. The van der Waals surface area contributed by atoms with Gasteiger partial charge in [-0.2, -0.15) is 14.0 Å². The van der Waals surface area contributed by atoms with Crippen molar-refractivity contribution in [3.05, 3.63) is 83.6 Å². The van der Waals surface area contributed by atoms with Gasteiger partial charge in [-0.05, 0) is 42.4 Å². The number of aromatic nitrogens is 4. The lowest BCUT2D eigenvalue weighted by Gasteiger charge is -2.18. The summed E-state index contributed by atoms with van der Waals surface area (Å²) in [7, 11) is 0. The number of rotatable bonds is 14. The number of aliphatic hydroxyl groups excluding tert-OH is 1. The van der Waals surface area contributed by atoms with Crippen LogP contribution in [0.1, 0.15) is 68.6 Å². The van der Waals surface area contributed by atoms with E-state index < -0.39 is 5.95 Å². The van der Waals surface area contributed by atoms with E-state index in [1.54, 1.807) is 12.3 Å². The summed E-state index contributed by atoms with van der Waals surface area (Å²) in [6.07, 6.45) is 9.45. The van der Waals surface area contributed by atoms with Gasteiger partial charge in [-0.15, -0.1) is 0 Å². The minimum Gasteiger partial charge on any atom is -0.394 e. The number of unbranched alkanes of at least 4 members (excludes halogenated alkanes) is 3. The van der Waals surface area contributed by atoms with Crippen LogP contribution in [0.5, 0.6) is 0 Å². The molecule has 4 rings (SSSR count). The van der Waals surface area contributed by atoms with Gasteiger partial charge in [0.05, 0.1) is 18.8 Å². The molecule has 4 aromatic rings. The standard InChI is InChI=1S/C29H37FN6O/c1-21(2)25-19-33-36-28(32-18-22-10-7-5-8-11-22)16-27(35-29(25)36)34-24(20-37)13-9-4-3-6-12-23-14-15-26(30)31-17-23/h5,7-8,10-11,14-17,19,21,24,32,37H,3-4,6,9,12-13,18,20H2,1-2H3,(H,34,35)/t24-/m1/s1. The second-order valence-corrected chi connectivity index (χ2v) is 9.82. The van der Waals surface area contributed by atoms with Gasteiger partial charge in [-0.1, -0.05) is 69.5 Å². The third-order valence-electron chi connectivity index (χ3n) is 6.57. The van der Waals surface area contributed by atoms with Crippen LogP contribution < -0.4 is 10.6 Å². The molecule has 0 amide bonds. The highest BCUT2D eigenvalue weighted by molar-refractivity contribution is 5.61. The van der Waals surface area contributed by atoms with Crippen molar-refractivity contribution in [1.29, 1.82) is 0 Å². The number of aryl methyl sites for hydroxylation is 1. The Labute approximate surface area is 218 Å². The van der Waals surface area contributed by atoms with Gasteiger partial charge in [0.2, 0.25) is 5.95 Å². The van der Waals surface area contributed by atoms with Crippen LogP contribution >= 0.6 is 0 Å². The molecule has 0 unspecified atom stereocenters. The molecule has 1 aromatic carbocycles. The first kappa shape index (κ1) is 26.5. The number of nitrogens with one attached hydrogen (secondary N) is 2.